The zero-order valence-corrected chi connectivity index (χ0v) is 11.8. The molecule has 17 heavy (non-hydrogen) atoms. The maximum absolute atomic E-state index is 11.3. The minimum absolute atomic E-state index is 0.0654. The number of carbonyl (C=O) groups is 1. The number of ketones is 1. The van der Waals surface area contributed by atoms with E-state index in [0.717, 1.165) is 29.7 Å². The molecule has 0 aliphatic rings. The average Bonchev–Trinajstić information content (AvgIpc) is 2.31. The number of aliphatic hydroxyl groups excluding tert-OH is 1. The number of carbonyl (C=O) groups excluding carboxylic acids is 1. The van der Waals surface area contributed by atoms with E-state index < -0.39 is 0 Å². The lowest BCUT2D eigenvalue weighted by atomic mass is 10.1. The normalized spacial score (nSPS) is 10.4. The van der Waals surface area contributed by atoms with Crippen molar-refractivity contribution in [3.8, 4) is 0 Å². The first-order valence-electron chi connectivity index (χ1n) is 5.76. The molecule has 0 radical (unpaired) electrons. The van der Waals surface area contributed by atoms with Crippen LogP contribution in [-0.2, 0) is 0 Å². The van der Waals surface area contributed by atoms with E-state index in [-0.39, 0.29) is 12.4 Å². The molecule has 4 heteroatoms. The van der Waals surface area contributed by atoms with Crippen LogP contribution in [0.1, 0.15) is 30.6 Å². The molecule has 0 amide bonds. The van der Waals surface area contributed by atoms with Gasteiger partial charge in [0.15, 0.2) is 5.78 Å². The second kappa shape index (κ2) is 6.77. The predicted molar refractivity (Wildman–Crippen MR) is 73.7 cm³/mol. The third kappa shape index (κ3) is 3.82. The average molecular weight is 300 g/mol. The van der Waals surface area contributed by atoms with Gasteiger partial charge in [-0.1, -0.05) is 0 Å². The first kappa shape index (κ1) is 14.2. The molecule has 0 fully saturated rings. The van der Waals surface area contributed by atoms with Crippen LogP contribution in [0.15, 0.2) is 22.7 Å². The molecule has 0 saturated carbocycles. The summed E-state index contributed by atoms with van der Waals surface area (Å²) in [6.45, 7) is 5.51. The van der Waals surface area contributed by atoms with Gasteiger partial charge in [-0.15, -0.1) is 0 Å². The standard InChI is InChI=1S/C13H18BrNO2/c1-3-15(7-4-8-16)13-6-5-11(10(2)17)9-12(13)14/h5-6,9,16H,3-4,7-8H2,1-2H3. The smallest absolute Gasteiger partial charge is 0.159 e. The van der Waals surface area contributed by atoms with Crippen LogP contribution in [0.3, 0.4) is 0 Å². The van der Waals surface area contributed by atoms with Crippen LogP contribution in [-0.4, -0.2) is 30.6 Å². The number of halogens is 1. The van der Waals surface area contributed by atoms with Gasteiger partial charge in [0.2, 0.25) is 0 Å². The minimum Gasteiger partial charge on any atom is -0.396 e. The molecule has 0 heterocycles. The Bertz CT molecular complexity index is 393. The molecule has 0 atom stereocenters. The van der Waals surface area contributed by atoms with Gasteiger partial charge in [0.05, 0.1) is 5.69 Å². The highest BCUT2D eigenvalue weighted by molar-refractivity contribution is 9.10. The summed E-state index contributed by atoms with van der Waals surface area (Å²) in [6.07, 6.45) is 0.745. The molecule has 0 aliphatic heterocycles. The molecule has 1 rings (SSSR count). The number of nitrogens with zero attached hydrogens (tertiary/aromatic N) is 1. The third-order valence-electron chi connectivity index (χ3n) is 2.66. The van der Waals surface area contributed by atoms with E-state index in [4.69, 9.17) is 5.11 Å². The van der Waals surface area contributed by atoms with Crippen molar-refractivity contribution < 1.29 is 9.90 Å². The quantitative estimate of drug-likeness (QED) is 0.821. The highest BCUT2D eigenvalue weighted by Gasteiger charge is 2.10. The van der Waals surface area contributed by atoms with Crippen molar-refractivity contribution >= 4 is 27.4 Å². The van der Waals surface area contributed by atoms with Crippen LogP contribution in [0.2, 0.25) is 0 Å². The summed E-state index contributed by atoms with van der Waals surface area (Å²) in [7, 11) is 0. The summed E-state index contributed by atoms with van der Waals surface area (Å²) in [5.74, 6) is 0.0654. The van der Waals surface area contributed by atoms with E-state index >= 15 is 0 Å². The maximum Gasteiger partial charge on any atom is 0.159 e. The summed E-state index contributed by atoms with van der Waals surface area (Å²) >= 11 is 3.49. The number of aliphatic hydroxyl groups is 1. The number of rotatable bonds is 6. The SMILES string of the molecule is CCN(CCCO)c1ccc(C(C)=O)cc1Br. The lowest BCUT2D eigenvalue weighted by molar-refractivity contribution is 0.101. The molecular formula is C13H18BrNO2. The molecular weight excluding hydrogens is 282 g/mol. The van der Waals surface area contributed by atoms with Gasteiger partial charge in [-0.3, -0.25) is 4.79 Å². The summed E-state index contributed by atoms with van der Waals surface area (Å²) in [4.78, 5) is 13.4. The molecule has 0 aliphatic carbocycles. The molecule has 1 aromatic rings. The van der Waals surface area contributed by atoms with Gasteiger partial charge in [0, 0.05) is 29.7 Å². The Labute approximate surface area is 111 Å². The van der Waals surface area contributed by atoms with Crippen LogP contribution < -0.4 is 4.90 Å². The third-order valence-corrected chi connectivity index (χ3v) is 3.30. The fraction of sp³-hybridized carbons (Fsp3) is 0.462. The Morgan fingerprint density at radius 2 is 2.18 bits per heavy atom. The van der Waals surface area contributed by atoms with Gasteiger partial charge in [0.25, 0.3) is 0 Å². The zero-order valence-electron chi connectivity index (χ0n) is 10.2. The van der Waals surface area contributed by atoms with Crippen LogP contribution in [0.5, 0.6) is 0 Å². The molecule has 0 spiro atoms. The Morgan fingerprint density at radius 1 is 1.47 bits per heavy atom. The van der Waals surface area contributed by atoms with Gasteiger partial charge in [-0.2, -0.15) is 0 Å². The molecule has 0 bridgehead atoms. The molecule has 3 nitrogen and oxygen atoms in total. The van der Waals surface area contributed by atoms with Crippen molar-refractivity contribution in [2.24, 2.45) is 0 Å². The fourth-order valence-corrected chi connectivity index (χ4v) is 2.32. The first-order valence-corrected chi connectivity index (χ1v) is 6.55. The summed E-state index contributed by atoms with van der Waals surface area (Å²) in [5.41, 5.74) is 1.77. The van der Waals surface area contributed by atoms with E-state index in [9.17, 15) is 4.79 Å². The summed E-state index contributed by atoms with van der Waals surface area (Å²) in [6, 6.07) is 5.63. The van der Waals surface area contributed by atoms with Gasteiger partial charge in [-0.05, 0) is 54.4 Å². The Balaban J connectivity index is 2.92. The van der Waals surface area contributed by atoms with E-state index in [2.05, 4.69) is 27.8 Å². The fourth-order valence-electron chi connectivity index (χ4n) is 1.69. The molecule has 0 aromatic heterocycles. The van der Waals surface area contributed by atoms with Crippen molar-refractivity contribution in [2.75, 3.05) is 24.6 Å². The predicted octanol–water partition coefficient (Wildman–Crippen LogP) is 2.86. The Morgan fingerprint density at radius 3 is 2.65 bits per heavy atom. The summed E-state index contributed by atoms with van der Waals surface area (Å²) < 4.78 is 0.921. The molecule has 94 valence electrons. The summed E-state index contributed by atoms with van der Waals surface area (Å²) in [5, 5.41) is 8.86. The van der Waals surface area contributed by atoms with E-state index in [0.29, 0.717) is 5.56 Å². The second-order valence-corrected chi connectivity index (χ2v) is 4.73. The lowest BCUT2D eigenvalue weighted by Crippen LogP contribution is -2.25. The van der Waals surface area contributed by atoms with Crippen LogP contribution in [0.4, 0.5) is 5.69 Å². The number of hydrogen-bond donors (Lipinski definition) is 1. The van der Waals surface area contributed by atoms with Crippen LogP contribution in [0.25, 0.3) is 0 Å². The molecule has 1 aromatic carbocycles. The van der Waals surface area contributed by atoms with Crippen molar-refractivity contribution in [1.82, 2.24) is 0 Å². The topological polar surface area (TPSA) is 40.5 Å². The highest BCUT2D eigenvalue weighted by atomic mass is 79.9. The van der Waals surface area contributed by atoms with E-state index in [1.54, 1.807) is 6.92 Å². The second-order valence-electron chi connectivity index (χ2n) is 3.88. The van der Waals surface area contributed by atoms with Gasteiger partial charge in [-0.25, -0.2) is 0 Å². The van der Waals surface area contributed by atoms with Crippen LogP contribution >= 0.6 is 15.9 Å². The minimum atomic E-state index is 0.0654. The number of hydrogen-bond acceptors (Lipinski definition) is 3. The van der Waals surface area contributed by atoms with Crippen molar-refractivity contribution in [1.29, 1.82) is 0 Å². The zero-order chi connectivity index (χ0) is 12.8. The monoisotopic (exact) mass is 299 g/mol. The Kier molecular flexibility index (Phi) is 5.65. The highest BCUT2D eigenvalue weighted by Crippen LogP contribution is 2.27. The van der Waals surface area contributed by atoms with Crippen LogP contribution in [0, 0.1) is 0 Å². The number of Topliss-reactive ketones (excluding diaryl/α,β-unsaturated/α-hetero) is 1. The first-order chi connectivity index (χ1) is 8.10. The van der Waals surface area contributed by atoms with Gasteiger partial charge in [0.1, 0.15) is 0 Å². The Hall–Kier alpha value is -0.870. The number of anilines is 1. The van der Waals surface area contributed by atoms with Gasteiger partial charge < -0.3 is 10.0 Å². The largest absolute Gasteiger partial charge is 0.396 e. The maximum atomic E-state index is 11.3. The molecule has 1 N–H and O–H groups in total. The number of benzene rings is 1. The van der Waals surface area contributed by atoms with Crippen molar-refractivity contribution in [3.63, 3.8) is 0 Å². The van der Waals surface area contributed by atoms with Crippen molar-refractivity contribution in [3.05, 3.63) is 28.2 Å². The lowest BCUT2D eigenvalue weighted by Gasteiger charge is -2.24. The van der Waals surface area contributed by atoms with Gasteiger partial charge >= 0.3 is 0 Å². The van der Waals surface area contributed by atoms with E-state index in [1.165, 1.54) is 0 Å². The van der Waals surface area contributed by atoms with E-state index in [1.807, 2.05) is 18.2 Å². The molecule has 0 saturated heterocycles. The molecule has 0 unspecified atom stereocenters. The van der Waals surface area contributed by atoms with Crippen molar-refractivity contribution in [2.45, 2.75) is 20.3 Å².